The van der Waals surface area contributed by atoms with Crippen molar-refractivity contribution in [2.45, 2.75) is 59.0 Å². The fraction of sp³-hybridized carbons (Fsp3) is 0.714. The Hall–Kier alpha value is -0.960. The van der Waals surface area contributed by atoms with E-state index in [1.807, 2.05) is 19.2 Å². The van der Waals surface area contributed by atoms with Gasteiger partial charge >= 0.3 is 0 Å². The summed E-state index contributed by atoms with van der Waals surface area (Å²) in [7, 11) is 0. The van der Waals surface area contributed by atoms with E-state index < -0.39 is 0 Å². The molecule has 0 aliphatic heterocycles. The second-order valence-electron chi connectivity index (χ2n) is 5.91. The van der Waals surface area contributed by atoms with E-state index in [9.17, 15) is 0 Å². The van der Waals surface area contributed by atoms with Gasteiger partial charge in [0.2, 0.25) is 0 Å². The quantitative estimate of drug-likeness (QED) is 0.872. The summed E-state index contributed by atoms with van der Waals surface area (Å²) < 4.78 is 0. The lowest BCUT2D eigenvalue weighted by molar-refractivity contribution is 0.205. The zero-order valence-corrected chi connectivity index (χ0v) is 11.2. The first-order valence-electron chi connectivity index (χ1n) is 6.57. The van der Waals surface area contributed by atoms with E-state index in [0.717, 1.165) is 18.1 Å². The van der Waals surface area contributed by atoms with Crippen molar-refractivity contribution in [3.63, 3.8) is 0 Å². The van der Waals surface area contributed by atoms with Gasteiger partial charge in [-0.1, -0.05) is 13.8 Å². The highest BCUT2D eigenvalue weighted by molar-refractivity contribution is 5.01. The van der Waals surface area contributed by atoms with Crippen molar-refractivity contribution in [3.8, 4) is 0 Å². The minimum atomic E-state index is 0.545. The second-order valence-corrected chi connectivity index (χ2v) is 5.91. The maximum Gasteiger partial charge on any atom is 0.125 e. The molecule has 0 radical (unpaired) electrons. The first-order valence-corrected chi connectivity index (χ1v) is 6.57. The first kappa shape index (κ1) is 12.5. The predicted molar refractivity (Wildman–Crippen MR) is 69.6 cm³/mol. The summed E-state index contributed by atoms with van der Waals surface area (Å²) in [6.45, 7) is 7.55. The van der Waals surface area contributed by atoms with E-state index in [1.165, 1.54) is 25.7 Å². The number of rotatable bonds is 3. The molecule has 0 unspecified atom stereocenters. The Balaban J connectivity index is 1.80. The van der Waals surface area contributed by atoms with Crippen LogP contribution in [-0.2, 0) is 6.54 Å². The summed E-state index contributed by atoms with van der Waals surface area (Å²) in [4.78, 5) is 8.53. The molecule has 1 N–H and O–H groups in total. The third-order valence-electron chi connectivity index (χ3n) is 3.74. The molecular weight excluding hydrogens is 210 g/mol. The lowest BCUT2D eigenvalue weighted by Crippen LogP contribution is -2.35. The number of nitrogens with one attached hydrogen (secondary N) is 1. The van der Waals surface area contributed by atoms with E-state index in [-0.39, 0.29) is 0 Å². The van der Waals surface area contributed by atoms with Crippen LogP contribution in [0, 0.1) is 12.3 Å². The van der Waals surface area contributed by atoms with Crippen molar-refractivity contribution in [2.75, 3.05) is 0 Å². The fourth-order valence-electron chi connectivity index (χ4n) is 2.46. The molecule has 0 aromatic carbocycles. The van der Waals surface area contributed by atoms with E-state index in [4.69, 9.17) is 0 Å². The van der Waals surface area contributed by atoms with Crippen LogP contribution in [-0.4, -0.2) is 16.0 Å². The lowest BCUT2D eigenvalue weighted by atomic mass is 9.75. The SMILES string of the molecule is Cc1nccc(CNC2CCC(C)(C)CC2)n1. The number of aryl methyl sites for hydroxylation is 1. The number of hydrogen-bond acceptors (Lipinski definition) is 3. The van der Waals surface area contributed by atoms with Gasteiger partial charge in [-0.3, -0.25) is 0 Å². The molecule has 3 heteroatoms. The van der Waals surface area contributed by atoms with Gasteiger partial charge in [0.1, 0.15) is 5.82 Å². The van der Waals surface area contributed by atoms with Gasteiger partial charge in [-0.05, 0) is 44.1 Å². The van der Waals surface area contributed by atoms with Gasteiger partial charge in [-0.25, -0.2) is 9.97 Å². The standard InChI is InChI=1S/C14H23N3/c1-11-15-9-6-13(17-11)10-16-12-4-7-14(2,3)8-5-12/h6,9,12,16H,4-5,7-8,10H2,1-3H3. The minimum absolute atomic E-state index is 0.545. The summed E-state index contributed by atoms with van der Waals surface area (Å²) in [5.41, 5.74) is 1.64. The smallest absolute Gasteiger partial charge is 0.125 e. The van der Waals surface area contributed by atoms with Crippen LogP contribution < -0.4 is 5.32 Å². The average molecular weight is 233 g/mol. The third-order valence-corrected chi connectivity index (χ3v) is 3.74. The normalized spacial score (nSPS) is 20.4. The molecule has 1 aromatic heterocycles. The van der Waals surface area contributed by atoms with Crippen molar-refractivity contribution in [3.05, 3.63) is 23.8 Å². The van der Waals surface area contributed by atoms with Crippen molar-refractivity contribution in [2.24, 2.45) is 5.41 Å². The van der Waals surface area contributed by atoms with Crippen LogP contribution in [0.1, 0.15) is 51.0 Å². The molecule has 1 fully saturated rings. The highest BCUT2D eigenvalue weighted by Gasteiger charge is 2.26. The van der Waals surface area contributed by atoms with Gasteiger partial charge in [0.25, 0.3) is 0 Å². The molecule has 0 amide bonds. The van der Waals surface area contributed by atoms with E-state index in [1.54, 1.807) is 0 Å². The molecule has 1 aromatic rings. The van der Waals surface area contributed by atoms with Gasteiger partial charge < -0.3 is 5.32 Å². The summed E-state index contributed by atoms with van der Waals surface area (Å²) >= 11 is 0. The Bertz CT molecular complexity index is 363. The molecule has 3 nitrogen and oxygen atoms in total. The van der Waals surface area contributed by atoms with Gasteiger partial charge in [0.15, 0.2) is 0 Å². The number of hydrogen-bond donors (Lipinski definition) is 1. The molecule has 1 aliphatic carbocycles. The Kier molecular flexibility index (Phi) is 3.77. The van der Waals surface area contributed by atoms with Crippen LogP contribution in [0.5, 0.6) is 0 Å². The zero-order valence-electron chi connectivity index (χ0n) is 11.2. The molecular formula is C14H23N3. The van der Waals surface area contributed by atoms with Crippen LogP contribution >= 0.6 is 0 Å². The van der Waals surface area contributed by atoms with Crippen LogP contribution in [0.15, 0.2) is 12.3 Å². The Labute approximate surface area is 104 Å². The zero-order chi connectivity index (χ0) is 12.3. The molecule has 0 bridgehead atoms. The summed E-state index contributed by atoms with van der Waals surface area (Å²) in [5, 5.41) is 3.61. The molecule has 2 rings (SSSR count). The van der Waals surface area contributed by atoms with Crippen LogP contribution in [0.3, 0.4) is 0 Å². The maximum absolute atomic E-state index is 4.41. The van der Waals surface area contributed by atoms with Crippen molar-refractivity contribution in [1.82, 2.24) is 15.3 Å². The minimum Gasteiger partial charge on any atom is -0.308 e. The topological polar surface area (TPSA) is 37.8 Å². The van der Waals surface area contributed by atoms with Crippen LogP contribution in [0.4, 0.5) is 0 Å². The molecule has 1 aliphatic rings. The average Bonchev–Trinajstić information content (AvgIpc) is 2.28. The third kappa shape index (κ3) is 3.77. The molecule has 1 saturated carbocycles. The lowest BCUT2D eigenvalue weighted by Gasteiger charge is -2.34. The summed E-state index contributed by atoms with van der Waals surface area (Å²) in [6.07, 6.45) is 7.07. The van der Waals surface area contributed by atoms with Gasteiger partial charge in [-0.2, -0.15) is 0 Å². The molecule has 1 heterocycles. The Morgan fingerprint density at radius 1 is 1.35 bits per heavy atom. The van der Waals surface area contributed by atoms with Crippen molar-refractivity contribution >= 4 is 0 Å². The Morgan fingerprint density at radius 3 is 2.71 bits per heavy atom. The molecule has 0 atom stereocenters. The highest BCUT2D eigenvalue weighted by Crippen LogP contribution is 2.34. The Morgan fingerprint density at radius 2 is 2.06 bits per heavy atom. The van der Waals surface area contributed by atoms with Crippen molar-refractivity contribution < 1.29 is 0 Å². The van der Waals surface area contributed by atoms with E-state index in [2.05, 4.69) is 29.1 Å². The van der Waals surface area contributed by atoms with Gasteiger partial charge in [0.05, 0.1) is 5.69 Å². The van der Waals surface area contributed by atoms with E-state index in [0.29, 0.717) is 11.5 Å². The molecule has 17 heavy (non-hydrogen) atoms. The number of aromatic nitrogens is 2. The van der Waals surface area contributed by atoms with Crippen LogP contribution in [0.2, 0.25) is 0 Å². The molecule has 0 spiro atoms. The fourth-order valence-corrected chi connectivity index (χ4v) is 2.46. The monoisotopic (exact) mass is 233 g/mol. The van der Waals surface area contributed by atoms with Gasteiger partial charge in [0, 0.05) is 18.8 Å². The first-order chi connectivity index (χ1) is 8.05. The van der Waals surface area contributed by atoms with Crippen LogP contribution in [0.25, 0.3) is 0 Å². The maximum atomic E-state index is 4.41. The predicted octanol–water partition coefficient (Wildman–Crippen LogP) is 2.84. The van der Waals surface area contributed by atoms with Gasteiger partial charge in [-0.15, -0.1) is 0 Å². The second kappa shape index (κ2) is 5.13. The largest absolute Gasteiger partial charge is 0.308 e. The van der Waals surface area contributed by atoms with Crippen molar-refractivity contribution in [1.29, 1.82) is 0 Å². The number of nitrogens with zero attached hydrogens (tertiary/aromatic N) is 2. The highest BCUT2D eigenvalue weighted by atomic mass is 15.0. The van der Waals surface area contributed by atoms with E-state index >= 15 is 0 Å². The summed E-state index contributed by atoms with van der Waals surface area (Å²) in [6, 6.07) is 2.66. The summed E-state index contributed by atoms with van der Waals surface area (Å²) in [5.74, 6) is 0.856. The molecule has 0 saturated heterocycles. The molecule has 94 valence electrons.